The van der Waals surface area contributed by atoms with Crippen LogP contribution in [0.5, 0.6) is 0 Å². The lowest BCUT2D eigenvalue weighted by atomic mass is 10.0. The third-order valence-electron chi connectivity index (χ3n) is 4.00. The summed E-state index contributed by atoms with van der Waals surface area (Å²) in [5.74, 6) is 0.0959. The standard InChI is InChI=1S/C15H17BrN4O/c1-11-13(5-2-6-14(11)16)15(21)19-8-3-4-12(10-19)20-9-7-17-18-20/h2,5-7,9,12H,3-4,8,10H2,1H3. The fourth-order valence-corrected chi connectivity index (χ4v) is 3.14. The van der Waals surface area contributed by atoms with Crippen molar-refractivity contribution in [2.24, 2.45) is 0 Å². The Bertz CT molecular complexity index is 641. The summed E-state index contributed by atoms with van der Waals surface area (Å²) in [4.78, 5) is 14.7. The number of hydrogen-bond donors (Lipinski definition) is 0. The molecule has 1 aromatic carbocycles. The van der Waals surface area contributed by atoms with Crippen molar-refractivity contribution in [1.29, 1.82) is 0 Å². The van der Waals surface area contributed by atoms with E-state index < -0.39 is 0 Å². The first kappa shape index (κ1) is 14.3. The number of rotatable bonds is 2. The Balaban J connectivity index is 1.80. The zero-order valence-electron chi connectivity index (χ0n) is 11.9. The van der Waals surface area contributed by atoms with Crippen LogP contribution >= 0.6 is 15.9 Å². The molecule has 1 atom stereocenters. The van der Waals surface area contributed by atoms with Gasteiger partial charge in [0.2, 0.25) is 0 Å². The first-order valence-corrected chi connectivity index (χ1v) is 7.86. The number of benzene rings is 1. The molecule has 1 aliphatic heterocycles. The number of nitrogens with zero attached hydrogens (tertiary/aromatic N) is 4. The molecule has 0 spiro atoms. The largest absolute Gasteiger partial charge is 0.336 e. The Kier molecular flexibility index (Phi) is 4.05. The maximum absolute atomic E-state index is 12.7. The van der Waals surface area contributed by atoms with Crippen LogP contribution in [0.3, 0.4) is 0 Å². The molecule has 110 valence electrons. The van der Waals surface area contributed by atoms with Crippen molar-refractivity contribution in [1.82, 2.24) is 19.9 Å². The van der Waals surface area contributed by atoms with Gasteiger partial charge in [0.25, 0.3) is 5.91 Å². The molecule has 0 saturated carbocycles. The number of piperidine rings is 1. The first-order chi connectivity index (χ1) is 10.2. The SMILES string of the molecule is Cc1c(Br)cccc1C(=O)N1CCCC(n2ccnn2)C1. The molecule has 0 radical (unpaired) electrons. The van der Waals surface area contributed by atoms with Gasteiger partial charge in [-0.25, -0.2) is 4.68 Å². The van der Waals surface area contributed by atoms with Crippen molar-refractivity contribution < 1.29 is 4.79 Å². The van der Waals surface area contributed by atoms with Crippen LogP contribution in [-0.4, -0.2) is 38.9 Å². The molecule has 6 heteroatoms. The average Bonchev–Trinajstić information content (AvgIpc) is 3.04. The van der Waals surface area contributed by atoms with Gasteiger partial charge in [-0.2, -0.15) is 0 Å². The molecule has 1 unspecified atom stereocenters. The minimum atomic E-state index is 0.0959. The molecule has 1 aliphatic rings. The molecule has 2 aromatic rings. The summed E-state index contributed by atoms with van der Waals surface area (Å²) >= 11 is 3.49. The zero-order valence-corrected chi connectivity index (χ0v) is 13.5. The molecule has 0 aliphatic carbocycles. The van der Waals surface area contributed by atoms with Crippen molar-refractivity contribution in [3.05, 3.63) is 46.2 Å². The van der Waals surface area contributed by atoms with E-state index in [2.05, 4.69) is 26.2 Å². The first-order valence-electron chi connectivity index (χ1n) is 7.07. The molecule has 5 nitrogen and oxygen atoms in total. The Morgan fingerprint density at radius 3 is 3.05 bits per heavy atom. The van der Waals surface area contributed by atoms with E-state index in [0.29, 0.717) is 6.54 Å². The molecule has 1 saturated heterocycles. The predicted octanol–water partition coefficient (Wildman–Crippen LogP) is 2.83. The summed E-state index contributed by atoms with van der Waals surface area (Å²) in [6.45, 7) is 3.46. The molecular weight excluding hydrogens is 332 g/mol. The highest BCUT2D eigenvalue weighted by molar-refractivity contribution is 9.10. The predicted molar refractivity (Wildman–Crippen MR) is 83.1 cm³/mol. The van der Waals surface area contributed by atoms with Gasteiger partial charge in [-0.1, -0.05) is 27.2 Å². The second kappa shape index (κ2) is 5.97. The van der Waals surface area contributed by atoms with E-state index in [-0.39, 0.29) is 11.9 Å². The summed E-state index contributed by atoms with van der Waals surface area (Å²) in [5.41, 5.74) is 1.76. The number of hydrogen-bond acceptors (Lipinski definition) is 3. The molecule has 1 aromatic heterocycles. The minimum Gasteiger partial charge on any atom is -0.336 e. The van der Waals surface area contributed by atoms with Crippen LogP contribution < -0.4 is 0 Å². The minimum absolute atomic E-state index is 0.0959. The Morgan fingerprint density at radius 2 is 2.29 bits per heavy atom. The monoisotopic (exact) mass is 348 g/mol. The summed E-state index contributed by atoms with van der Waals surface area (Å²) in [6.07, 6.45) is 5.57. The molecule has 1 amide bonds. The fourth-order valence-electron chi connectivity index (χ4n) is 2.78. The Morgan fingerprint density at radius 1 is 1.43 bits per heavy atom. The van der Waals surface area contributed by atoms with Crippen molar-refractivity contribution in [2.75, 3.05) is 13.1 Å². The van der Waals surface area contributed by atoms with E-state index in [1.807, 2.05) is 40.9 Å². The number of aromatic nitrogens is 3. The molecule has 21 heavy (non-hydrogen) atoms. The smallest absolute Gasteiger partial charge is 0.254 e. The van der Waals surface area contributed by atoms with Crippen LogP contribution in [0.2, 0.25) is 0 Å². The van der Waals surface area contributed by atoms with Crippen molar-refractivity contribution in [3.8, 4) is 0 Å². The molecule has 0 bridgehead atoms. The summed E-state index contributed by atoms with van der Waals surface area (Å²) in [6, 6.07) is 5.98. The highest BCUT2D eigenvalue weighted by Gasteiger charge is 2.26. The van der Waals surface area contributed by atoms with Crippen LogP contribution in [0, 0.1) is 6.92 Å². The number of amides is 1. The topological polar surface area (TPSA) is 51.0 Å². The Labute approximate surface area is 132 Å². The summed E-state index contributed by atoms with van der Waals surface area (Å²) in [5, 5.41) is 7.91. The lowest BCUT2D eigenvalue weighted by molar-refractivity contribution is 0.0671. The lowest BCUT2D eigenvalue weighted by Crippen LogP contribution is -2.41. The quantitative estimate of drug-likeness (QED) is 0.838. The van der Waals surface area contributed by atoms with E-state index in [0.717, 1.165) is 35.0 Å². The molecule has 3 rings (SSSR count). The second-order valence-corrected chi connectivity index (χ2v) is 6.20. The fraction of sp³-hybridized carbons (Fsp3) is 0.400. The van der Waals surface area contributed by atoms with Crippen LogP contribution in [-0.2, 0) is 0 Å². The highest BCUT2D eigenvalue weighted by Crippen LogP contribution is 2.25. The van der Waals surface area contributed by atoms with Gasteiger partial charge >= 0.3 is 0 Å². The van der Waals surface area contributed by atoms with E-state index in [1.165, 1.54) is 0 Å². The third kappa shape index (κ3) is 2.85. The van der Waals surface area contributed by atoms with E-state index >= 15 is 0 Å². The highest BCUT2D eigenvalue weighted by atomic mass is 79.9. The average molecular weight is 349 g/mol. The maximum atomic E-state index is 12.7. The van der Waals surface area contributed by atoms with E-state index in [4.69, 9.17) is 0 Å². The van der Waals surface area contributed by atoms with Crippen molar-refractivity contribution in [3.63, 3.8) is 0 Å². The number of carbonyl (C=O) groups excluding carboxylic acids is 1. The molecule has 2 heterocycles. The van der Waals surface area contributed by atoms with Crippen LogP contribution in [0.1, 0.15) is 34.8 Å². The van der Waals surface area contributed by atoms with Gasteiger partial charge in [-0.05, 0) is 37.5 Å². The summed E-state index contributed by atoms with van der Waals surface area (Å²) in [7, 11) is 0. The van der Waals surface area contributed by atoms with Gasteiger partial charge in [0.1, 0.15) is 0 Å². The van der Waals surface area contributed by atoms with E-state index in [1.54, 1.807) is 6.20 Å². The Hall–Kier alpha value is -1.69. The number of halogens is 1. The molecular formula is C15H17BrN4O. The number of likely N-dealkylation sites (tertiary alicyclic amines) is 1. The van der Waals surface area contributed by atoms with Gasteiger partial charge in [0.05, 0.1) is 12.2 Å². The normalized spacial score (nSPS) is 18.8. The van der Waals surface area contributed by atoms with Crippen LogP contribution in [0.4, 0.5) is 0 Å². The van der Waals surface area contributed by atoms with E-state index in [9.17, 15) is 4.79 Å². The third-order valence-corrected chi connectivity index (χ3v) is 4.86. The molecule has 1 fully saturated rings. The second-order valence-electron chi connectivity index (χ2n) is 5.34. The van der Waals surface area contributed by atoms with Gasteiger partial charge in [0, 0.05) is 29.3 Å². The van der Waals surface area contributed by atoms with Gasteiger partial charge < -0.3 is 4.90 Å². The maximum Gasteiger partial charge on any atom is 0.254 e. The molecule has 0 N–H and O–H groups in total. The van der Waals surface area contributed by atoms with Gasteiger partial charge in [-0.15, -0.1) is 5.10 Å². The van der Waals surface area contributed by atoms with Crippen molar-refractivity contribution in [2.45, 2.75) is 25.8 Å². The van der Waals surface area contributed by atoms with Crippen molar-refractivity contribution >= 4 is 21.8 Å². The summed E-state index contributed by atoms with van der Waals surface area (Å²) < 4.78 is 2.82. The number of carbonyl (C=O) groups is 1. The lowest BCUT2D eigenvalue weighted by Gasteiger charge is -2.33. The van der Waals surface area contributed by atoms with Gasteiger partial charge in [-0.3, -0.25) is 4.79 Å². The van der Waals surface area contributed by atoms with Crippen LogP contribution in [0.15, 0.2) is 35.1 Å². The zero-order chi connectivity index (χ0) is 14.8. The van der Waals surface area contributed by atoms with Gasteiger partial charge in [0.15, 0.2) is 0 Å². The van der Waals surface area contributed by atoms with Crippen LogP contribution in [0.25, 0.3) is 0 Å².